The summed E-state index contributed by atoms with van der Waals surface area (Å²) in [5.74, 6) is -2.33. The van der Waals surface area contributed by atoms with Crippen molar-refractivity contribution in [2.24, 2.45) is 0 Å². The molecular weight excluding hydrogens is 311 g/mol. The lowest BCUT2D eigenvalue weighted by atomic mass is 10.2. The number of anilines is 1. The Morgan fingerprint density at radius 1 is 1.33 bits per heavy atom. The van der Waals surface area contributed by atoms with Crippen molar-refractivity contribution in [2.75, 3.05) is 5.32 Å². The van der Waals surface area contributed by atoms with Crippen molar-refractivity contribution < 1.29 is 22.7 Å². The van der Waals surface area contributed by atoms with Crippen LogP contribution in [0.3, 0.4) is 0 Å². The van der Waals surface area contributed by atoms with E-state index < -0.39 is 24.1 Å². The van der Waals surface area contributed by atoms with Gasteiger partial charge >= 0.3 is 6.61 Å². The van der Waals surface area contributed by atoms with Crippen molar-refractivity contribution in [3.63, 3.8) is 0 Å². The second kappa shape index (κ2) is 6.40. The van der Waals surface area contributed by atoms with Crippen LogP contribution in [0.1, 0.15) is 10.5 Å². The van der Waals surface area contributed by atoms with Crippen LogP contribution in [-0.4, -0.2) is 22.5 Å². The predicted octanol–water partition coefficient (Wildman–Crippen LogP) is 3.12. The number of ether oxygens (including phenoxy) is 1. The third-order valence-corrected chi connectivity index (χ3v) is 2.43. The van der Waals surface area contributed by atoms with Crippen LogP contribution in [0.5, 0.6) is 5.75 Å². The fraction of sp³-hybridized carbons (Fsp3) is 0.0833. The number of aromatic nitrogens is 2. The average Bonchev–Trinajstić information content (AvgIpc) is 2.41. The molecule has 0 unspecified atom stereocenters. The molecule has 0 bridgehead atoms. The summed E-state index contributed by atoms with van der Waals surface area (Å²) >= 11 is 5.59. The molecule has 21 heavy (non-hydrogen) atoms. The molecule has 1 aromatic carbocycles. The van der Waals surface area contributed by atoms with E-state index in [1.807, 2.05) is 0 Å². The molecule has 0 saturated carbocycles. The van der Waals surface area contributed by atoms with Gasteiger partial charge in [-0.2, -0.15) is 8.78 Å². The predicted molar refractivity (Wildman–Crippen MR) is 68.0 cm³/mol. The SMILES string of the molecule is O=C(Nc1ccc(OC(F)F)c(F)c1)c1cncc(Cl)n1. The van der Waals surface area contributed by atoms with Gasteiger partial charge in [0, 0.05) is 11.8 Å². The first kappa shape index (κ1) is 15.0. The Kier molecular flexibility index (Phi) is 4.59. The highest BCUT2D eigenvalue weighted by Crippen LogP contribution is 2.23. The maximum absolute atomic E-state index is 13.5. The van der Waals surface area contributed by atoms with Gasteiger partial charge in [-0.3, -0.25) is 9.78 Å². The molecule has 1 amide bonds. The lowest BCUT2D eigenvalue weighted by Crippen LogP contribution is -2.14. The largest absolute Gasteiger partial charge is 0.432 e. The van der Waals surface area contributed by atoms with Crippen LogP contribution in [0.2, 0.25) is 5.15 Å². The summed E-state index contributed by atoms with van der Waals surface area (Å²) in [5.41, 5.74) is -0.0308. The molecular formula is C12H7ClF3N3O2. The number of rotatable bonds is 4. The van der Waals surface area contributed by atoms with Gasteiger partial charge in [0.05, 0.1) is 12.4 Å². The Morgan fingerprint density at radius 3 is 2.71 bits per heavy atom. The van der Waals surface area contributed by atoms with Crippen molar-refractivity contribution in [3.8, 4) is 5.75 Å². The Balaban J connectivity index is 2.13. The number of amides is 1. The Labute approximate surface area is 121 Å². The molecule has 110 valence electrons. The van der Waals surface area contributed by atoms with E-state index in [2.05, 4.69) is 20.0 Å². The number of benzene rings is 1. The minimum atomic E-state index is -3.14. The van der Waals surface area contributed by atoms with E-state index in [1.54, 1.807) is 0 Å². The van der Waals surface area contributed by atoms with Crippen LogP contribution in [0.4, 0.5) is 18.9 Å². The lowest BCUT2D eigenvalue weighted by molar-refractivity contribution is -0.0521. The fourth-order valence-corrected chi connectivity index (χ4v) is 1.56. The van der Waals surface area contributed by atoms with Gasteiger partial charge in [0.15, 0.2) is 11.6 Å². The zero-order valence-electron chi connectivity index (χ0n) is 10.2. The van der Waals surface area contributed by atoms with E-state index in [-0.39, 0.29) is 16.5 Å². The van der Waals surface area contributed by atoms with Gasteiger partial charge < -0.3 is 10.1 Å². The van der Waals surface area contributed by atoms with Gasteiger partial charge in [0.1, 0.15) is 10.8 Å². The minimum absolute atomic E-state index is 0.0227. The van der Waals surface area contributed by atoms with Crippen LogP contribution < -0.4 is 10.1 Å². The van der Waals surface area contributed by atoms with E-state index in [1.165, 1.54) is 18.5 Å². The molecule has 0 radical (unpaired) electrons. The highest BCUT2D eigenvalue weighted by Gasteiger charge is 2.13. The van der Waals surface area contributed by atoms with Crippen LogP contribution in [0, 0.1) is 5.82 Å². The maximum Gasteiger partial charge on any atom is 0.387 e. The second-order valence-electron chi connectivity index (χ2n) is 3.70. The van der Waals surface area contributed by atoms with Crippen LogP contribution >= 0.6 is 11.6 Å². The quantitative estimate of drug-likeness (QED) is 0.941. The molecule has 1 heterocycles. The van der Waals surface area contributed by atoms with Crippen LogP contribution in [-0.2, 0) is 0 Å². The molecule has 0 aliphatic carbocycles. The smallest absolute Gasteiger partial charge is 0.387 e. The summed E-state index contributed by atoms with van der Waals surface area (Å²) in [5, 5.41) is 2.35. The number of halogens is 4. The van der Waals surface area contributed by atoms with Crippen molar-refractivity contribution in [2.45, 2.75) is 6.61 Å². The highest BCUT2D eigenvalue weighted by molar-refractivity contribution is 6.29. The first-order valence-corrected chi connectivity index (χ1v) is 5.87. The van der Waals surface area contributed by atoms with Crippen molar-refractivity contribution >= 4 is 23.2 Å². The van der Waals surface area contributed by atoms with E-state index >= 15 is 0 Å². The number of carbonyl (C=O) groups excluding carboxylic acids is 1. The van der Waals surface area contributed by atoms with Gasteiger partial charge in [0.2, 0.25) is 0 Å². The summed E-state index contributed by atoms with van der Waals surface area (Å²) in [7, 11) is 0. The summed E-state index contributed by atoms with van der Waals surface area (Å²) in [4.78, 5) is 19.2. The van der Waals surface area contributed by atoms with Gasteiger partial charge in [-0.1, -0.05) is 11.6 Å². The molecule has 0 aliphatic heterocycles. The topological polar surface area (TPSA) is 64.1 Å². The zero-order chi connectivity index (χ0) is 15.4. The average molecular weight is 318 g/mol. The van der Waals surface area contributed by atoms with Gasteiger partial charge in [-0.15, -0.1) is 0 Å². The minimum Gasteiger partial charge on any atom is -0.432 e. The normalized spacial score (nSPS) is 10.5. The molecule has 1 N–H and O–H groups in total. The van der Waals surface area contributed by atoms with Crippen molar-refractivity contribution in [1.29, 1.82) is 0 Å². The van der Waals surface area contributed by atoms with Crippen LogP contribution in [0.25, 0.3) is 0 Å². The van der Waals surface area contributed by atoms with Gasteiger partial charge in [-0.25, -0.2) is 9.37 Å². The molecule has 0 spiro atoms. The summed E-state index contributed by atoms with van der Waals surface area (Å²) < 4.78 is 41.4. The molecule has 0 saturated heterocycles. The van der Waals surface area contributed by atoms with E-state index in [9.17, 15) is 18.0 Å². The Hall–Kier alpha value is -2.35. The van der Waals surface area contributed by atoms with E-state index in [0.29, 0.717) is 0 Å². The fourth-order valence-electron chi connectivity index (χ4n) is 1.42. The van der Waals surface area contributed by atoms with Gasteiger partial charge in [-0.05, 0) is 12.1 Å². The summed E-state index contributed by atoms with van der Waals surface area (Å²) in [6.45, 7) is -3.14. The zero-order valence-corrected chi connectivity index (χ0v) is 10.9. The molecule has 5 nitrogen and oxygen atoms in total. The molecule has 1 aromatic heterocycles. The molecule has 0 atom stereocenters. The van der Waals surface area contributed by atoms with Gasteiger partial charge in [0.25, 0.3) is 5.91 Å². The summed E-state index contributed by atoms with van der Waals surface area (Å²) in [6.07, 6.45) is 2.42. The second-order valence-corrected chi connectivity index (χ2v) is 4.09. The third kappa shape index (κ3) is 4.06. The Morgan fingerprint density at radius 2 is 2.10 bits per heavy atom. The standard InChI is InChI=1S/C12H7ClF3N3O2/c13-10-5-17-4-8(19-10)11(20)18-6-1-2-9(7(14)3-6)21-12(15)16/h1-5,12H,(H,18,20). The first-order chi connectivity index (χ1) is 9.95. The van der Waals surface area contributed by atoms with Crippen molar-refractivity contribution in [3.05, 3.63) is 47.3 Å². The number of hydrogen-bond acceptors (Lipinski definition) is 4. The number of alkyl halides is 2. The van der Waals surface area contributed by atoms with Crippen LogP contribution in [0.15, 0.2) is 30.6 Å². The molecule has 0 aliphatic rings. The monoisotopic (exact) mass is 317 g/mol. The van der Waals surface area contributed by atoms with E-state index in [4.69, 9.17) is 11.6 Å². The Bertz CT molecular complexity index is 670. The first-order valence-electron chi connectivity index (χ1n) is 5.49. The molecule has 9 heteroatoms. The van der Waals surface area contributed by atoms with Crippen molar-refractivity contribution in [1.82, 2.24) is 9.97 Å². The highest BCUT2D eigenvalue weighted by atomic mass is 35.5. The molecule has 2 aromatic rings. The number of nitrogens with one attached hydrogen (secondary N) is 1. The number of nitrogens with zero attached hydrogens (tertiary/aromatic N) is 2. The van der Waals surface area contributed by atoms with E-state index in [0.717, 1.165) is 12.1 Å². The third-order valence-electron chi connectivity index (χ3n) is 2.24. The molecule has 2 rings (SSSR count). The molecule has 0 fully saturated rings. The summed E-state index contributed by atoms with van der Waals surface area (Å²) in [6, 6.07) is 3.02. The maximum atomic E-state index is 13.5. The lowest BCUT2D eigenvalue weighted by Gasteiger charge is -2.08. The number of carbonyl (C=O) groups is 1. The number of hydrogen-bond donors (Lipinski definition) is 1.